The number of rotatable bonds is 5. The molecular weight excluding hydrogens is 202 g/mol. The Morgan fingerprint density at radius 1 is 1.44 bits per heavy atom. The van der Waals surface area contributed by atoms with Crippen molar-refractivity contribution in [3.63, 3.8) is 0 Å². The minimum Gasteiger partial charge on any atom is -0.494 e. The fourth-order valence-electron chi connectivity index (χ4n) is 1.25. The number of nitrogens with zero attached hydrogens (tertiary/aromatic N) is 1. The standard InChI is InChI=1S/C12H19N3O/c1-3-8-14-12(13)15-10-6-5-7-11(9-10)16-4-2/h5-7,9H,3-4,8H2,1-2H3,(H3,13,14,15). The third kappa shape index (κ3) is 4.21. The zero-order chi connectivity index (χ0) is 11.8. The van der Waals surface area contributed by atoms with E-state index in [9.17, 15) is 0 Å². The van der Waals surface area contributed by atoms with Gasteiger partial charge in [0.2, 0.25) is 0 Å². The van der Waals surface area contributed by atoms with Crippen LogP contribution in [0.1, 0.15) is 20.3 Å². The SMILES string of the molecule is CCCN=C(N)Nc1cccc(OCC)c1. The van der Waals surface area contributed by atoms with Gasteiger partial charge in [-0.2, -0.15) is 0 Å². The Labute approximate surface area is 96.5 Å². The minimum absolute atomic E-state index is 0.440. The largest absolute Gasteiger partial charge is 0.494 e. The quantitative estimate of drug-likeness (QED) is 0.592. The van der Waals surface area contributed by atoms with Crippen LogP contribution in [0.3, 0.4) is 0 Å². The molecular formula is C12H19N3O. The summed E-state index contributed by atoms with van der Waals surface area (Å²) in [5.41, 5.74) is 6.61. The second-order valence-electron chi connectivity index (χ2n) is 3.35. The summed E-state index contributed by atoms with van der Waals surface area (Å²) < 4.78 is 5.39. The van der Waals surface area contributed by atoms with Crippen LogP contribution in [0, 0.1) is 0 Å². The fourth-order valence-corrected chi connectivity index (χ4v) is 1.25. The molecule has 0 fully saturated rings. The first-order valence-electron chi connectivity index (χ1n) is 5.56. The van der Waals surface area contributed by atoms with Gasteiger partial charge in [0, 0.05) is 18.3 Å². The highest BCUT2D eigenvalue weighted by Gasteiger charge is 1.97. The lowest BCUT2D eigenvalue weighted by Crippen LogP contribution is -2.22. The monoisotopic (exact) mass is 221 g/mol. The van der Waals surface area contributed by atoms with E-state index in [1.165, 1.54) is 0 Å². The van der Waals surface area contributed by atoms with E-state index in [1.807, 2.05) is 31.2 Å². The number of anilines is 1. The summed E-state index contributed by atoms with van der Waals surface area (Å²) in [7, 11) is 0. The zero-order valence-corrected chi connectivity index (χ0v) is 9.86. The molecule has 1 aromatic carbocycles. The summed E-state index contributed by atoms with van der Waals surface area (Å²) in [6.45, 7) is 5.41. The summed E-state index contributed by atoms with van der Waals surface area (Å²) >= 11 is 0. The molecule has 16 heavy (non-hydrogen) atoms. The molecule has 1 rings (SSSR count). The number of nitrogens with two attached hydrogens (primary N) is 1. The lowest BCUT2D eigenvalue weighted by molar-refractivity contribution is 0.340. The number of aliphatic imine (C=N–C) groups is 1. The van der Waals surface area contributed by atoms with Crippen molar-refractivity contribution in [2.24, 2.45) is 10.7 Å². The van der Waals surface area contributed by atoms with E-state index in [-0.39, 0.29) is 0 Å². The van der Waals surface area contributed by atoms with Gasteiger partial charge in [0.05, 0.1) is 6.61 Å². The molecule has 0 bridgehead atoms. The molecule has 0 heterocycles. The predicted molar refractivity (Wildman–Crippen MR) is 68.0 cm³/mol. The summed E-state index contributed by atoms with van der Waals surface area (Å²) in [5.74, 6) is 1.27. The van der Waals surface area contributed by atoms with Crippen molar-refractivity contribution in [1.82, 2.24) is 0 Å². The number of guanidine groups is 1. The molecule has 0 aliphatic heterocycles. The average molecular weight is 221 g/mol. The van der Waals surface area contributed by atoms with Crippen LogP contribution in [0.4, 0.5) is 5.69 Å². The Kier molecular flexibility index (Phi) is 5.19. The summed E-state index contributed by atoms with van der Waals surface area (Å²) in [5, 5.41) is 3.02. The van der Waals surface area contributed by atoms with Crippen LogP contribution in [-0.2, 0) is 0 Å². The third-order valence-electron chi connectivity index (χ3n) is 1.92. The molecule has 0 unspecified atom stereocenters. The van der Waals surface area contributed by atoms with Crippen molar-refractivity contribution in [3.05, 3.63) is 24.3 Å². The Balaban J connectivity index is 2.62. The molecule has 0 spiro atoms. The minimum atomic E-state index is 0.440. The molecule has 4 nitrogen and oxygen atoms in total. The van der Waals surface area contributed by atoms with Gasteiger partial charge in [-0.3, -0.25) is 4.99 Å². The Bertz CT molecular complexity index is 350. The maximum absolute atomic E-state index is 5.71. The van der Waals surface area contributed by atoms with E-state index in [1.54, 1.807) is 0 Å². The van der Waals surface area contributed by atoms with Crippen LogP contribution in [0.5, 0.6) is 5.75 Å². The number of hydrogen-bond acceptors (Lipinski definition) is 2. The molecule has 0 amide bonds. The molecule has 4 heteroatoms. The molecule has 88 valence electrons. The molecule has 3 N–H and O–H groups in total. The topological polar surface area (TPSA) is 59.6 Å². The van der Waals surface area contributed by atoms with Gasteiger partial charge < -0.3 is 15.8 Å². The first-order valence-corrected chi connectivity index (χ1v) is 5.56. The van der Waals surface area contributed by atoms with Gasteiger partial charge in [-0.15, -0.1) is 0 Å². The van der Waals surface area contributed by atoms with Crippen molar-refractivity contribution in [2.75, 3.05) is 18.5 Å². The van der Waals surface area contributed by atoms with Crippen LogP contribution in [0.25, 0.3) is 0 Å². The van der Waals surface area contributed by atoms with Crippen LogP contribution in [0.2, 0.25) is 0 Å². The lowest BCUT2D eigenvalue weighted by atomic mass is 10.3. The highest BCUT2D eigenvalue weighted by Crippen LogP contribution is 2.16. The van der Waals surface area contributed by atoms with Gasteiger partial charge in [-0.05, 0) is 25.5 Å². The van der Waals surface area contributed by atoms with Crippen molar-refractivity contribution < 1.29 is 4.74 Å². The highest BCUT2D eigenvalue weighted by atomic mass is 16.5. The van der Waals surface area contributed by atoms with Gasteiger partial charge in [-0.25, -0.2) is 0 Å². The Hall–Kier alpha value is -1.71. The Morgan fingerprint density at radius 2 is 2.25 bits per heavy atom. The highest BCUT2D eigenvalue weighted by molar-refractivity contribution is 5.92. The van der Waals surface area contributed by atoms with E-state index in [0.29, 0.717) is 12.6 Å². The number of ether oxygens (including phenoxy) is 1. The summed E-state index contributed by atoms with van der Waals surface area (Å²) in [6, 6.07) is 7.66. The number of hydrogen-bond donors (Lipinski definition) is 2. The van der Waals surface area contributed by atoms with Crippen molar-refractivity contribution in [2.45, 2.75) is 20.3 Å². The maximum Gasteiger partial charge on any atom is 0.193 e. The molecule has 1 aromatic rings. The maximum atomic E-state index is 5.71. The summed E-state index contributed by atoms with van der Waals surface area (Å²) in [6.07, 6.45) is 0.987. The van der Waals surface area contributed by atoms with Crippen molar-refractivity contribution in [3.8, 4) is 5.75 Å². The smallest absolute Gasteiger partial charge is 0.193 e. The third-order valence-corrected chi connectivity index (χ3v) is 1.92. The molecule has 0 saturated heterocycles. The second kappa shape index (κ2) is 6.71. The van der Waals surface area contributed by atoms with Crippen LogP contribution in [-0.4, -0.2) is 19.1 Å². The van der Waals surface area contributed by atoms with Crippen molar-refractivity contribution >= 4 is 11.6 Å². The number of nitrogens with one attached hydrogen (secondary N) is 1. The Morgan fingerprint density at radius 3 is 2.94 bits per heavy atom. The first-order chi connectivity index (χ1) is 7.76. The van der Waals surface area contributed by atoms with E-state index in [2.05, 4.69) is 17.2 Å². The van der Waals surface area contributed by atoms with E-state index < -0.39 is 0 Å². The van der Waals surface area contributed by atoms with Crippen LogP contribution >= 0.6 is 0 Å². The molecule has 0 radical (unpaired) electrons. The van der Waals surface area contributed by atoms with Gasteiger partial charge in [0.1, 0.15) is 5.75 Å². The van der Waals surface area contributed by atoms with Gasteiger partial charge in [0.15, 0.2) is 5.96 Å². The molecule has 0 atom stereocenters. The predicted octanol–water partition coefficient (Wildman–Crippen LogP) is 2.22. The zero-order valence-electron chi connectivity index (χ0n) is 9.86. The molecule has 0 aliphatic rings. The average Bonchev–Trinajstić information content (AvgIpc) is 2.27. The van der Waals surface area contributed by atoms with Crippen LogP contribution < -0.4 is 15.8 Å². The fraction of sp³-hybridized carbons (Fsp3) is 0.417. The lowest BCUT2D eigenvalue weighted by Gasteiger charge is -2.08. The van der Waals surface area contributed by atoms with Gasteiger partial charge in [-0.1, -0.05) is 13.0 Å². The van der Waals surface area contributed by atoms with E-state index in [0.717, 1.165) is 24.4 Å². The number of benzene rings is 1. The van der Waals surface area contributed by atoms with Crippen molar-refractivity contribution in [1.29, 1.82) is 0 Å². The van der Waals surface area contributed by atoms with Gasteiger partial charge in [0.25, 0.3) is 0 Å². The van der Waals surface area contributed by atoms with Crippen LogP contribution in [0.15, 0.2) is 29.3 Å². The van der Waals surface area contributed by atoms with E-state index in [4.69, 9.17) is 10.5 Å². The molecule has 0 aromatic heterocycles. The molecule has 0 saturated carbocycles. The second-order valence-corrected chi connectivity index (χ2v) is 3.35. The molecule has 0 aliphatic carbocycles. The summed E-state index contributed by atoms with van der Waals surface area (Å²) in [4.78, 5) is 4.16. The van der Waals surface area contributed by atoms with Gasteiger partial charge >= 0.3 is 0 Å². The normalized spacial score (nSPS) is 11.2. The van der Waals surface area contributed by atoms with E-state index >= 15 is 0 Å². The first kappa shape index (κ1) is 12.4.